The fourth-order valence-corrected chi connectivity index (χ4v) is 3.66. The van der Waals surface area contributed by atoms with Gasteiger partial charge in [-0.15, -0.1) is 6.42 Å². The van der Waals surface area contributed by atoms with Gasteiger partial charge in [-0.1, -0.05) is 39.0 Å². The molecule has 1 heterocycles. The van der Waals surface area contributed by atoms with E-state index in [-0.39, 0.29) is 6.04 Å². The molecule has 0 aromatic carbocycles. The molecule has 102 valence electrons. The van der Waals surface area contributed by atoms with Gasteiger partial charge in [-0.2, -0.15) is 0 Å². The van der Waals surface area contributed by atoms with Crippen molar-refractivity contribution < 1.29 is 0 Å². The van der Waals surface area contributed by atoms with E-state index in [1.807, 2.05) is 0 Å². The van der Waals surface area contributed by atoms with Crippen LogP contribution in [0.1, 0.15) is 52.9 Å². The van der Waals surface area contributed by atoms with E-state index in [9.17, 15) is 0 Å². The highest BCUT2D eigenvalue weighted by Gasteiger charge is 2.41. The van der Waals surface area contributed by atoms with Crippen LogP contribution >= 0.6 is 0 Å². The third kappa shape index (κ3) is 2.73. The summed E-state index contributed by atoms with van der Waals surface area (Å²) in [6, 6.07) is 0.849. The number of terminal acetylenes is 1. The lowest BCUT2D eigenvalue weighted by molar-refractivity contribution is 0.0251. The summed E-state index contributed by atoms with van der Waals surface area (Å²) in [4.78, 5) is 2.58. The molecule has 0 radical (unpaired) electrons. The van der Waals surface area contributed by atoms with Gasteiger partial charge in [0.1, 0.15) is 0 Å². The molecule has 1 saturated heterocycles. The SMILES string of the molecule is C#CC(C)N1CC2(CCCCC2)NCC1C(C)C. The molecule has 1 aliphatic heterocycles. The second-order valence-corrected chi connectivity index (χ2v) is 6.55. The molecule has 18 heavy (non-hydrogen) atoms. The van der Waals surface area contributed by atoms with Gasteiger partial charge >= 0.3 is 0 Å². The van der Waals surface area contributed by atoms with E-state index in [0.29, 0.717) is 17.5 Å². The Bertz CT molecular complexity index is 310. The molecule has 1 saturated carbocycles. The highest BCUT2D eigenvalue weighted by molar-refractivity contribution is 5.07. The first-order valence-corrected chi connectivity index (χ1v) is 7.55. The summed E-state index contributed by atoms with van der Waals surface area (Å²) in [7, 11) is 0. The monoisotopic (exact) mass is 248 g/mol. The topological polar surface area (TPSA) is 15.3 Å². The van der Waals surface area contributed by atoms with Crippen molar-refractivity contribution >= 4 is 0 Å². The fraction of sp³-hybridized carbons (Fsp3) is 0.875. The molecule has 2 atom stereocenters. The van der Waals surface area contributed by atoms with Gasteiger partial charge in [0.2, 0.25) is 0 Å². The maximum absolute atomic E-state index is 5.67. The van der Waals surface area contributed by atoms with Crippen LogP contribution in [0.5, 0.6) is 0 Å². The molecular formula is C16H28N2. The molecule has 0 amide bonds. The maximum Gasteiger partial charge on any atom is 0.0686 e. The minimum absolute atomic E-state index is 0.262. The molecule has 1 spiro atoms. The van der Waals surface area contributed by atoms with Gasteiger partial charge in [0.15, 0.2) is 0 Å². The van der Waals surface area contributed by atoms with E-state index in [4.69, 9.17) is 6.42 Å². The summed E-state index contributed by atoms with van der Waals surface area (Å²) >= 11 is 0. The smallest absolute Gasteiger partial charge is 0.0686 e. The Balaban J connectivity index is 2.12. The van der Waals surface area contributed by atoms with E-state index in [0.717, 1.165) is 13.1 Å². The van der Waals surface area contributed by atoms with Crippen LogP contribution in [-0.2, 0) is 0 Å². The number of hydrogen-bond donors (Lipinski definition) is 1. The third-order valence-corrected chi connectivity index (χ3v) is 4.92. The first-order valence-electron chi connectivity index (χ1n) is 7.55. The molecule has 2 nitrogen and oxygen atoms in total. The van der Waals surface area contributed by atoms with Crippen LogP contribution < -0.4 is 5.32 Å². The number of rotatable bonds is 2. The summed E-state index contributed by atoms with van der Waals surface area (Å²) in [6.45, 7) is 9.03. The Morgan fingerprint density at radius 1 is 1.22 bits per heavy atom. The number of nitrogens with one attached hydrogen (secondary N) is 1. The first-order chi connectivity index (χ1) is 8.58. The van der Waals surface area contributed by atoms with E-state index >= 15 is 0 Å². The third-order valence-electron chi connectivity index (χ3n) is 4.92. The molecule has 1 aliphatic carbocycles. The normalized spacial score (nSPS) is 30.3. The molecule has 0 aromatic rings. The zero-order valence-corrected chi connectivity index (χ0v) is 12.2. The van der Waals surface area contributed by atoms with Crippen molar-refractivity contribution in [3.05, 3.63) is 0 Å². The fourth-order valence-electron chi connectivity index (χ4n) is 3.66. The van der Waals surface area contributed by atoms with Gasteiger partial charge in [0.25, 0.3) is 0 Å². The van der Waals surface area contributed by atoms with Gasteiger partial charge in [-0.05, 0) is 25.7 Å². The van der Waals surface area contributed by atoms with Crippen molar-refractivity contribution in [2.45, 2.75) is 70.5 Å². The lowest BCUT2D eigenvalue weighted by Crippen LogP contribution is -2.67. The van der Waals surface area contributed by atoms with Crippen molar-refractivity contribution in [2.75, 3.05) is 13.1 Å². The van der Waals surface area contributed by atoms with E-state index in [2.05, 4.69) is 36.9 Å². The average Bonchev–Trinajstić information content (AvgIpc) is 2.38. The van der Waals surface area contributed by atoms with Gasteiger partial charge in [0, 0.05) is 24.7 Å². The van der Waals surface area contributed by atoms with Crippen LogP contribution in [0.25, 0.3) is 0 Å². The van der Waals surface area contributed by atoms with Gasteiger partial charge in [0.05, 0.1) is 6.04 Å². The average molecular weight is 248 g/mol. The summed E-state index contributed by atoms with van der Waals surface area (Å²) in [5, 5.41) is 3.86. The largest absolute Gasteiger partial charge is 0.308 e. The molecule has 2 rings (SSSR count). The summed E-state index contributed by atoms with van der Waals surface area (Å²) < 4.78 is 0. The molecule has 2 heteroatoms. The van der Waals surface area contributed by atoms with Crippen LogP contribution in [0.2, 0.25) is 0 Å². The van der Waals surface area contributed by atoms with E-state index in [1.54, 1.807) is 0 Å². The predicted molar refractivity (Wildman–Crippen MR) is 77.4 cm³/mol. The Labute approximate surface area is 113 Å². The van der Waals surface area contributed by atoms with Gasteiger partial charge in [-0.3, -0.25) is 4.90 Å². The van der Waals surface area contributed by atoms with Crippen LogP contribution in [0, 0.1) is 18.3 Å². The van der Waals surface area contributed by atoms with Crippen molar-refractivity contribution in [1.29, 1.82) is 0 Å². The van der Waals surface area contributed by atoms with Crippen LogP contribution in [0.3, 0.4) is 0 Å². The summed E-state index contributed by atoms with van der Waals surface area (Å²) in [5.74, 6) is 3.60. The molecule has 0 bridgehead atoms. The molecule has 1 N–H and O–H groups in total. The van der Waals surface area contributed by atoms with Crippen molar-refractivity contribution in [2.24, 2.45) is 5.92 Å². The molecular weight excluding hydrogens is 220 g/mol. The quantitative estimate of drug-likeness (QED) is 0.756. The highest BCUT2D eigenvalue weighted by atomic mass is 15.3. The van der Waals surface area contributed by atoms with Crippen molar-refractivity contribution in [3.63, 3.8) is 0 Å². The number of piperazine rings is 1. The predicted octanol–water partition coefficient (Wildman–Crippen LogP) is 2.64. The van der Waals surface area contributed by atoms with Crippen LogP contribution in [0.15, 0.2) is 0 Å². The van der Waals surface area contributed by atoms with E-state index in [1.165, 1.54) is 32.1 Å². The first kappa shape index (κ1) is 13.9. The van der Waals surface area contributed by atoms with Gasteiger partial charge < -0.3 is 5.32 Å². The second kappa shape index (κ2) is 5.63. The highest BCUT2D eigenvalue weighted by Crippen LogP contribution is 2.33. The van der Waals surface area contributed by atoms with Crippen LogP contribution in [-0.4, -0.2) is 35.6 Å². The number of hydrogen-bond acceptors (Lipinski definition) is 2. The minimum atomic E-state index is 0.262. The van der Waals surface area contributed by atoms with E-state index < -0.39 is 0 Å². The standard InChI is InChI=1S/C16H28N2/c1-5-14(4)18-12-16(9-7-6-8-10-16)17-11-15(18)13(2)3/h1,13-15,17H,6-12H2,2-4H3. The Morgan fingerprint density at radius 2 is 1.89 bits per heavy atom. The molecule has 2 aliphatic rings. The summed E-state index contributed by atoms with van der Waals surface area (Å²) in [5.41, 5.74) is 0.356. The summed E-state index contributed by atoms with van der Waals surface area (Å²) in [6.07, 6.45) is 12.5. The molecule has 2 fully saturated rings. The minimum Gasteiger partial charge on any atom is -0.308 e. The van der Waals surface area contributed by atoms with Crippen molar-refractivity contribution in [1.82, 2.24) is 10.2 Å². The lowest BCUT2D eigenvalue weighted by Gasteiger charge is -2.52. The Hall–Kier alpha value is -0.520. The van der Waals surface area contributed by atoms with Crippen molar-refractivity contribution in [3.8, 4) is 12.3 Å². The molecule has 2 unspecified atom stereocenters. The van der Waals surface area contributed by atoms with Gasteiger partial charge in [-0.25, -0.2) is 0 Å². The zero-order chi connectivity index (χ0) is 13.2. The Kier molecular flexibility index (Phi) is 4.35. The lowest BCUT2D eigenvalue weighted by atomic mass is 9.78. The molecule has 0 aromatic heterocycles. The Morgan fingerprint density at radius 3 is 2.44 bits per heavy atom. The maximum atomic E-state index is 5.67. The second-order valence-electron chi connectivity index (χ2n) is 6.55. The number of nitrogens with zero attached hydrogens (tertiary/aromatic N) is 1. The van der Waals surface area contributed by atoms with Crippen LogP contribution in [0.4, 0.5) is 0 Å². The zero-order valence-electron chi connectivity index (χ0n) is 12.2.